The van der Waals surface area contributed by atoms with E-state index in [9.17, 15) is 24.5 Å². The van der Waals surface area contributed by atoms with Crippen molar-refractivity contribution in [3.63, 3.8) is 0 Å². The Morgan fingerprint density at radius 1 is 1.21 bits per heavy atom. The van der Waals surface area contributed by atoms with Crippen molar-refractivity contribution in [3.8, 4) is 0 Å². The summed E-state index contributed by atoms with van der Waals surface area (Å²) in [5.74, 6) is -0.0643. The number of non-ortho nitro benzene ring substituents is 1. The monoisotopic (exact) mass is 408 g/mol. The summed E-state index contributed by atoms with van der Waals surface area (Å²) in [6, 6.07) is 4.69. The number of rotatable bonds is 7. The molecular weight excluding hydrogens is 384 g/mol. The molecule has 0 bridgehead atoms. The molecule has 0 radical (unpaired) electrons. The second-order valence-corrected chi connectivity index (χ2v) is 7.43. The fourth-order valence-corrected chi connectivity index (χ4v) is 3.43. The lowest BCUT2D eigenvalue weighted by Gasteiger charge is -2.36. The second kappa shape index (κ2) is 10.1. The van der Waals surface area contributed by atoms with E-state index >= 15 is 0 Å². The van der Waals surface area contributed by atoms with Crippen LogP contribution in [0.2, 0.25) is 0 Å². The number of nitro groups is 1. The van der Waals surface area contributed by atoms with E-state index in [2.05, 4.69) is 5.32 Å². The van der Waals surface area contributed by atoms with Crippen molar-refractivity contribution in [2.45, 2.75) is 19.4 Å². The van der Waals surface area contributed by atoms with Gasteiger partial charge in [-0.1, -0.05) is 6.07 Å². The van der Waals surface area contributed by atoms with Gasteiger partial charge in [-0.05, 0) is 24.5 Å². The number of hydrogen-bond donors (Lipinski definition) is 1. The third-order valence-electron chi connectivity index (χ3n) is 4.57. The zero-order valence-corrected chi connectivity index (χ0v) is 16.7. The predicted molar refractivity (Wildman–Crippen MR) is 106 cm³/mol. The van der Waals surface area contributed by atoms with Gasteiger partial charge in [0.1, 0.15) is 6.04 Å². The van der Waals surface area contributed by atoms with E-state index in [0.29, 0.717) is 38.4 Å². The van der Waals surface area contributed by atoms with Crippen LogP contribution in [-0.2, 0) is 9.59 Å². The molecule has 1 heterocycles. The highest BCUT2D eigenvalue weighted by Gasteiger charge is 2.29. The fraction of sp³-hybridized carbons (Fsp3) is 0.500. The van der Waals surface area contributed by atoms with Gasteiger partial charge in [-0.3, -0.25) is 24.5 Å². The van der Waals surface area contributed by atoms with Crippen molar-refractivity contribution in [1.29, 1.82) is 0 Å². The average Bonchev–Trinajstić information content (AvgIpc) is 2.70. The molecule has 2 rings (SSSR count). The average molecular weight is 408 g/mol. The second-order valence-electron chi connectivity index (χ2n) is 6.45. The Balaban J connectivity index is 2.07. The molecule has 1 aliphatic heterocycles. The summed E-state index contributed by atoms with van der Waals surface area (Å²) in [6.45, 7) is 3.27. The summed E-state index contributed by atoms with van der Waals surface area (Å²) in [5.41, 5.74) is -0.0439. The quantitative estimate of drug-likeness (QED) is 0.535. The first kappa shape index (κ1) is 21.7. The smallest absolute Gasteiger partial charge is 0.270 e. The van der Waals surface area contributed by atoms with E-state index in [-0.39, 0.29) is 23.1 Å². The highest BCUT2D eigenvalue weighted by atomic mass is 32.2. The minimum Gasteiger partial charge on any atom is -0.340 e. The summed E-state index contributed by atoms with van der Waals surface area (Å²) in [5, 5.41) is 13.6. The van der Waals surface area contributed by atoms with Crippen LogP contribution in [0.15, 0.2) is 24.3 Å². The number of nitrogens with zero attached hydrogens (tertiary/aromatic N) is 3. The summed E-state index contributed by atoms with van der Waals surface area (Å²) in [6.07, 6.45) is 2.36. The van der Waals surface area contributed by atoms with E-state index < -0.39 is 16.9 Å². The van der Waals surface area contributed by atoms with Crippen molar-refractivity contribution in [2.24, 2.45) is 0 Å². The summed E-state index contributed by atoms with van der Waals surface area (Å²) < 4.78 is 0. The van der Waals surface area contributed by atoms with Gasteiger partial charge in [-0.15, -0.1) is 0 Å². The van der Waals surface area contributed by atoms with Crippen LogP contribution in [0, 0.1) is 10.1 Å². The molecule has 1 unspecified atom stereocenters. The molecule has 152 valence electrons. The van der Waals surface area contributed by atoms with Gasteiger partial charge >= 0.3 is 0 Å². The Morgan fingerprint density at radius 2 is 1.86 bits per heavy atom. The van der Waals surface area contributed by atoms with Gasteiger partial charge < -0.3 is 15.1 Å². The lowest BCUT2D eigenvalue weighted by atomic mass is 10.1. The predicted octanol–water partition coefficient (Wildman–Crippen LogP) is 1.14. The highest BCUT2D eigenvalue weighted by molar-refractivity contribution is 7.98. The number of piperazine rings is 1. The minimum absolute atomic E-state index is 0.0231. The van der Waals surface area contributed by atoms with Crippen LogP contribution in [0.1, 0.15) is 23.7 Å². The SMILES string of the molecule is CSCCC(NC(=O)c1cccc([N+](=O)[O-])c1)C(=O)N1CCN(C(C)=O)CC1. The molecule has 0 aliphatic carbocycles. The van der Waals surface area contributed by atoms with E-state index in [1.165, 1.54) is 31.2 Å². The molecule has 0 saturated carbocycles. The van der Waals surface area contributed by atoms with Gasteiger partial charge in [0.05, 0.1) is 4.92 Å². The van der Waals surface area contributed by atoms with Gasteiger partial charge in [-0.2, -0.15) is 11.8 Å². The largest absolute Gasteiger partial charge is 0.340 e. The van der Waals surface area contributed by atoms with Crippen LogP contribution in [0.25, 0.3) is 0 Å². The maximum atomic E-state index is 12.9. The van der Waals surface area contributed by atoms with Crippen LogP contribution in [0.3, 0.4) is 0 Å². The molecule has 0 aromatic heterocycles. The lowest BCUT2D eigenvalue weighted by molar-refractivity contribution is -0.384. The molecule has 1 saturated heterocycles. The molecule has 1 fully saturated rings. The Bertz CT molecular complexity index is 749. The third kappa shape index (κ3) is 5.69. The van der Waals surface area contributed by atoms with Crippen LogP contribution < -0.4 is 5.32 Å². The van der Waals surface area contributed by atoms with Crippen LogP contribution >= 0.6 is 11.8 Å². The zero-order chi connectivity index (χ0) is 20.7. The molecule has 1 aliphatic rings. The normalized spacial score (nSPS) is 15.1. The van der Waals surface area contributed by atoms with Gasteiger partial charge in [0.2, 0.25) is 11.8 Å². The maximum absolute atomic E-state index is 12.9. The first-order valence-corrected chi connectivity index (χ1v) is 10.3. The van der Waals surface area contributed by atoms with Gasteiger partial charge in [-0.25, -0.2) is 0 Å². The zero-order valence-electron chi connectivity index (χ0n) is 15.9. The molecule has 0 spiro atoms. The molecule has 10 heteroatoms. The lowest BCUT2D eigenvalue weighted by Crippen LogP contribution is -2.55. The van der Waals surface area contributed by atoms with Gasteiger partial charge in [0, 0.05) is 50.8 Å². The first-order valence-electron chi connectivity index (χ1n) is 8.92. The highest BCUT2D eigenvalue weighted by Crippen LogP contribution is 2.14. The third-order valence-corrected chi connectivity index (χ3v) is 5.21. The number of benzene rings is 1. The van der Waals surface area contributed by atoms with Crippen LogP contribution in [-0.4, -0.2) is 76.7 Å². The van der Waals surface area contributed by atoms with E-state index in [1.807, 2.05) is 6.26 Å². The molecule has 9 nitrogen and oxygen atoms in total. The molecule has 1 N–H and O–H groups in total. The van der Waals surface area contributed by atoms with E-state index in [1.54, 1.807) is 21.6 Å². The first-order chi connectivity index (χ1) is 13.3. The minimum atomic E-state index is -0.719. The van der Waals surface area contributed by atoms with Crippen LogP contribution in [0.4, 0.5) is 5.69 Å². The molecule has 1 aromatic carbocycles. The number of thioether (sulfide) groups is 1. The van der Waals surface area contributed by atoms with Gasteiger partial charge in [0.15, 0.2) is 0 Å². The van der Waals surface area contributed by atoms with Crippen LogP contribution in [0.5, 0.6) is 0 Å². The summed E-state index contributed by atoms with van der Waals surface area (Å²) in [7, 11) is 0. The Hall–Kier alpha value is -2.62. The fourth-order valence-electron chi connectivity index (χ4n) is 2.96. The van der Waals surface area contributed by atoms with E-state index in [0.717, 1.165) is 0 Å². The van der Waals surface area contributed by atoms with Gasteiger partial charge in [0.25, 0.3) is 11.6 Å². The van der Waals surface area contributed by atoms with Crippen molar-refractivity contribution in [2.75, 3.05) is 38.2 Å². The molecule has 1 aromatic rings. The summed E-state index contributed by atoms with van der Waals surface area (Å²) >= 11 is 1.56. The molecule has 1 atom stereocenters. The van der Waals surface area contributed by atoms with E-state index in [4.69, 9.17) is 0 Å². The molecule has 3 amide bonds. The number of carbonyl (C=O) groups is 3. The number of nitrogens with one attached hydrogen (secondary N) is 1. The van der Waals surface area contributed by atoms with Crippen molar-refractivity contribution in [1.82, 2.24) is 15.1 Å². The number of hydrogen-bond acceptors (Lipinski definition) is 6. The molecular formula is C18H24N4O5S. The number of carbonyl (C=O) groups excluding carboxylic acids is 3. The Morgan fingerprint density at radius 3 is 2.43 bits per heavy atom. The number of nitro benzene ring substituents is 1. The molecule has 28 heavy (non-hydrogen) atoms. The maximum Gasteiger partial charge on any atom is 0.270 e. The topological polar surface area (TPSA) is 113 Å². The van der Waals surface area contributed by atoms with Crippen molar-refractivity contribution >= 4 is 35.2 Å². The summed E-state index contributed by atoms with van der Waals surface area (Å²) in [4.78, 5) is 50.6. The Kier molecular flexibility index (Phi) is 7.80. The van der Waals surface area contributed by atoms with Crippen molar-refractivity contribution in [3.05, 3.63) is 39.9 Å². The number of amides is 3. The standard InChI is InChI=1S/C18H24N4O5S/c1-13(23)20-7-9-21(10-8-20)18(25)16(6-11-28-2)19-17(24)14-4-3-5-15(12-14)22(26)27/h3-5,12,16H,6-11H2,1-2H3,(H,19,24). The Labute approximate surface area is 167 Å². The van der Waals surface area contributed by atoms with Crippen molar-refractivity contribution < 1.29 is 19.3 Å².